The van der Waals surface area contributed by atoms with Gasteiger partial charge in [-0.15, -0.1) is 0 Å². The van der Waals surface area contributed by atoms with E-state index in [2.05, 4.69) is 5.32 Å². The largest absolute Gasteiger partial charge is 0.358 e. The number of rotatable bonds is 4. The molecule has 0 aliphatic carbocycles. The molecule has 1 aliphatic rings. The molecule has 0 radical (unpaired) electrons. The lowest BCUT2D eigenvalue weighted by molar-refractivity contribution is -0.149. The Morgan fingerprint density at radius 2 is 1.84 bits per heavy atom. The van der Waals surface area contributed by atoms with Crippen LogP contribution in [0.1, 0.15) is 50.7 Å². The Balaban J connectivity index is 1.74. The second-order valence-corrected chi connectivity index (χ2v) is 11.0. The summed E-state index contributed by atoms with van der Waals surface area (Å²) in [5.41, 5.74) is 1.47. The molecule has 9 heteroatoms. The number of aromatic nitrogens is 2. The molecule has 1 aromatic carbocycles. The second-order valence-electron chi connectivity index (χ2n) is 11.0. The second kappa shape index (κ2) is 9.28. The Hall–Kier alpha value is -3.75. The molecule has 3 heterocycles. The molecule has 1 N–H and O–H groups in total. The molecule has 0 atom stereocenters. The van der Waals surface area contributed by atoms with Gasteiger partial charge in [-0.3, -0.25) is 14.4 Å². The predicted molar refractivity (Wildman–Crippen MR) is 141 cm³/mol. The first-order chi connectivity index (χ1) is 17.3. The molecule has 1 saturated heterocycles. The molecule has 3 aromatic rings. The molecule has 0 saturated carbocycles. The third kappa shape index (κ3) is 4.70. The SMILES string of the molecule is CNC(=O)CN1CCN(C(=O)c2ccc3c(-c4ccc(C)c(F)c4)cn(C(C)(C)C)c3n2)C(C)(C)C1=O. The van der Waals surface area contributed by atoms with Crippen LogP contribution >= 0.6 is 0 Å². The van der Waals surface area contributed by atoms with Crippen LogP contribution < -0.4 is 5.32 Å². The standard InChI is InChI=1S/C28H34FN5O3/c1-17-8-9-18(14-21(17)29)20-15-34(27(2,3)4)24-19(20)10-11-22(31-24)25(36)33-13-12-32(16-23(35)30-7)26(37)28(33,5)6/h8-11,14-15H,12-13,16H2,1-7H3,(H,30,35). The van der Waals surface area contributed by atoms with Crippen molar-refractivity contribution in [3.63, 3.8) is 0 Å². The van der Waals surface area contributed by atoms with E-state index in [1.807, 2.05) is 43.7 Å². The number of piperazine rings is 1. The van der Waals surface area contributed by atoms with Crippen molar-refractivity contribution in [3.05, 3.63) is 53.6 Å². The zero-order valence-corrected chi connectivity index (χ0v) is 22.5. The van der Waals surface area contributed by atoms with Crippen LogP contribution in [0.3, 0.4) is 0 Å². The highest BCUT2D eigenvalue weighted by Crippen LogP contribution is 2.35. The van der Waals surface area contributed by atoms with Crippen molar-refractivity contribution in [2.24, 2.45) is 0 Å². The van der Waals surface area contributed by atoms with Crippen LogP contribution in [-0.4, -0.2) is 69.3 Å². The summed E-state index contributed by atoms with van der Waals surface area (Å²) in [5, 5.41) is 3.33. The van der Waals surface area contributed by atoms with Gasteiger partial charge in [-0.1, -0.05) is 12.1 Å². The zero-order chi connectivity index (χ0) is 27.3. The summed E-state index contributed by atoms with van der Waals surface area (Å²) in [6, 6.07) is 8.64. The lowest BCUT2D eigenvalue weighted by Gasteiger charge is -2.45. The molecule has 37 heavy (non-hydrogen) atoms. The fourth-order valence-corrected chi connectivity index (χ4v) is 4.72. The summed E-state index contributed by atoms with van der Waals surface area (Å²) >= 11 is 0. The van der Waals surface area contributed by atoms with Crippen LogP contribution in [0.25, 0.3) is 22.2 Å². The Morgan fingerprint density at radius 3 is 2.46 bits per heavy atom. The minimum absolute atomic E-state index is 0.0491. The number of nitrogens with zero attached hydrogens (tertiary/aromatic N) is 4. The van der Waals surface area contributed by atoms with E-state index >= 15 is 0 Å². The number of carbonyl (C=O) groups excluding carboxylic acids is 3. The highest BCUT2D eigenvalue weighted by molar-refractivity contribution is 6.02. The van der Waals surface area contributed by atoms with Gasteiger partial charge in [0.25, 0.3) is 5.91 Å². The Kier molecular flexibility index (Phi) is 6.60. The van der Waals surface area contributed by atoms with Gasteiger partial charge < -0.3 is 19.7 Å². The molecule has 0 bridgehead atoms. The van der Waals surface area contributed by atoms with Gasteiger partial charge in [-0.25, -0.2) is 9.37 Å². The normalized spacial score (nSPS) is 15.8. The molecule has 4 rings (SSSR count). The van der Waals surface area contributed by atoms with Crippen molar-refractivity contribution in [2.75, 3.05) is 26.7 Å². The van der Waals surface area contributed by atoms with E-state index in [9.17, 15) is 18.8 Å². The van der Waals surface area contributed by atoms with E-state index in [-0.39, 0.29) is 54.4 Å². The molecule has 8 nitrogen and oxygen atoms in total. The van der Waals surface area contributed by atoms with Crippen molar-refractivity contribution in [1.29, 1.82) is 0 Å². The average Bonchev–Trinajstić information content (AvgIpc) is 3.23. The number of hydrogen-bond donors (Lipinski definition) is 1. The fraction of sp³-hybridized carbons (Fsp3) is 0.429. The maximum absolute atomic E-state index is 14.4. The van der Waals surface area contributed by atoms with Gasteiger partial charge in [0.15, 0.2) is 0 Å². The van der Waals surface area contributed by atoms with Crippen LogP contribution in [0.2, 0.25) is 0 Å². The van der Waals surface area contributed by atoms with E-state index in [1.165, 1.54) is 22.9 Å². The topological polar surface area (TPSA) is 87.5 Å². The lowest BCUT2D eigenvalue weighted by atomic mass is 9.96. The van der Waals surface area contributed by atoms with Crippen molar-refractivity contribution in [1.82, 2.24) is 24.7 Å². The molecule has 2 aromatic heterocycles. The number of amides is 3. The van der Waals surface area contributed by atoms with E-state index in [0.29, 0.717) is 11.2 Å². The first kappa shape index (κ1) is 26.3. The van der Waals surface area contributed by atoms with E-state index in [0.717, 1.165) is 16.5 Å². The summed E-state index contributed by atoms with van der Waals surface area (Å²) in [6.07, 6.45) is 1.95. The van der Waals surface area contributed by atoms with Crippen LogP contribution in [0.4, 0.5) is 4.39 Å². The minimum atomic E-state index is -1.14. The summed E-state index contributed by atoms with van der Waals surface area (Å²) in [4.78, 5) is 46.4. The van der Waals surface area contributed by atoms with Crippen molar-refractivity contribution in [2.45, 2.75) is 52.6 Å². The Labute approximate surface area is 216 Å². The quantitative estimate of drug-likeness (QED) is 0.583. The van der Waals surface area contributed by atoms with Gasteiger partial charge in [-0.05, 0) is 70.9 Å². The molecule has 1 fully saturated rings. The predicted octanol–water partition coefficient (Wildman–Crippen LogP) is 3.71. The molecule has 196 valence electrons. The molecular formula is C28H34FN5O3. The van der Waals surface area contributed by atoms with E-state index in [1.54, 1.807) is 32.9 Å². The third-order valence-corrected chi connectivity index (χ3v) is 7.01. The number of aryl methyl sites for hydroxylation is 1. The average molecular weight is 508 g/mol. The summed E-state index contributed by atoms with van der Waals surface area (Å²) < 4.78 is 16.4. The number of carbonyl (C=O) groups is 3. The van der Waals surface area contributed by atoms with Crippen LogP contribution in [0.5, 0.6) is 0 Å². The van der Waals surface area contributed by atoms with Crippen molar-refractivity contribution >= 4 is 28.8 Å². The van der Waals surface area contributed by atoms with Gasteiger partial charge in [-0.2, -0.15) is 0 Å². The van der Waals surface area contributed by atoms with E-state index < -0.39 is 5.54 Å². The number of fused-ring (bicyclic) bond motifs is 1. The van der Waals surface area contributed by atoms with Crippen LogP contribution in [-0.2, 0) is 15.1 Å². The minimum Gasteiger partial charge on any atom is -0.358 e. The first-order valence-corrected chi connectivity index (χ1v) is 12.4. The number of pyridine rings is 1. The Bertz CT molecular complexity index is 1400. The summed E-state index contributed by atoms with van der Waals surface area (Å²) in [7, 11) is 1.52. The molecule has 0 spiro atoms. The number of nitrogens with one attached hydrogen (secondary N) is 1. The van der Waals surface area contributed by atoms with E-state index in [4.69, 9.17) is 4.98 Å². The maximum Gasteiger partial charge on any atom is 0.273 e. The number of benzene rings is 1. The number of likely N-dealkylation sites (N-methyl/N-ethyl adjacent to an activating group) is 1. The summed E-state index contributed by atoms with van der Waals surface area (Å²) in [6.45, 7) is 11.7. The molecule has 0 unspecified atom stereocenters. The maximum atomic E-state index is 14.4. The Morgan fingerprint density at radius 1 is 1.14 bits per heavy atom. The van der Waals surface area contributed by atoms with Crippen LogP contribution in [0.15, 0.2) is 36.5 Å². The zero-order valence-electron chi connectivity index (χ0n) is 22.5. The smallest absolute Gasteiger partial charge is 0.273 e. The monoisotopic (exact) mass is 507 g/mol. The lowest BCUT2D eigenvalue weighted by Crippen LogP contribution is -2.65. The van der Waals surface area contributed by atoms with Crippen molar-refractivity contribution < 1.29 is 18.8 Å². The van der Waals surface area contributed by atoms with Gasteiger partial charge in [0, 0.05) is 42.8 Å². The molecule has 3 amide bonds. The van der Waals surface area contributed by atoms with Gasteiger partial charge in [0.2, 0.25) is 11.8 Å². The number of halogens is 1. The van der Waals surface area contributed by atoms with Gasteiger partial charge in [0.1, 0.15) is 22.7 Å². The van der Waals surface area contributed by atoms with Crippen molar-refractivity contribution in [3.8, 4) is 11.1 Å². The first-order valence-electron chi connectivity index (χ1n) is 12.4. The third-order valence-electron chi connectivity index (χ3n) is 7.01. The fourth-order valence-electron chi connectivity index (χ4n) is 4.72. The van der Waals surface area contributed by atoms with Gasteiger partial charge >= 0.3 is 0 Å². The molecular weight excluding hydrogens is 473 g/mol. The van der Waals surface area contributed by atoms with Gasteiger partial charge in [0.05, 0.1) is 6.54 Å². The summed E-state index contributed by atoms with van der Waals surface area (Å²) in [5.74, 6) is -1.19. The number of hydrogen-bond acceptors (Lipinski definition) is 4. The highest BCUT2D eigenvalue weighted by atomic mass is 19.1. The molecule has 1 aliphatic heterocycles. The van der Waals surface area contributed by atoms with Crippen LogP contribution in [0, 0.1) is 12.7 Å². The highest BCUT2D eigenvalue weighted by Gasteiger charge is 2.45.